The minimum atomic E-state index is -0.948. The van der Waals surface area contributed by atoms with Crippen LogP contribution in [0.1, 0.15) is 106 Å². The molecular formula is C31H51BClN3O4. The van der Waals surface area contributed by atoms with E-state index in [9.17, 15) is 9.59 Å². The molecular weight excluding hydrogens is 525 g/mol. The van der Waals surface area contributed by atoms with Gasteiger partial charge in [0.1, 0.15) is 5.54 Å². The van der Waals surface area contributed by atoms with Gasteiger partial charge >= 0.3 is 7.12 Å². The third-order valence-electron chi connectivity index (χ3n) is 8.79. The standard InChI is InChI=1S/C31H51BClN3O4/c1-22(37)35-31(27(38)36-28(2,3)4,19-9-10-20-32-39-29(5,6)30(7,8)40-32)24-13-17-26(18-14-24)34-21-23-11-15-25(33)16-12-23/h11-12,15-16,24,26,34H,9-10,13-14,17-21H2,1-8H3,(H,35,37)(H,36,38)/t24?,26?,31-/m0/s1. The average molecular weight is 576 g/mol. The van der Waals surface area contributed by atoms with Gasteiger partial charge in [-0.1, -0.05) is 36.6 Å². The highest BCUT2D eigenvalue weighted by atomic mass is 35.5. The van der Waals surface area contributed by atoms with Gasteiger partial charge in [0.05, 0.1) is 11.2 Å². The molecule has 0 aromatic heterocycles. The SMILES string of the molecule is CC(=O)N[C@](CCCCB1OC(C)(C)C(C)(C)O1)(C(=O)NC(C)(C)C)C1CCC(NCc2ccc(Cl)cc2)CC1. The van der Waals surface area contributed by atoms with Crippen LogP contribution in [0.25, 0.3) is 0 Å². The zero-order chi connectivity index (χ0) is 29.8. The summed E-state index contributed by atoms with van der Waals surface area (Å²) in [5.74, 6) is -0.189. The van der Waals surface area contributed by atoms with Crippen molar-refractivity contribution in [2.45, 2.75) is 142 Å². The van der Waals surface area contributed by atoms with E-state index in [0.717, 1.165) is 56.4 Å². The van der Waals surface area contributed by atoms with Crippen LogP contribution in [-0.4, -0.2) is 47.3 Å². The highest BCUT2D eigenvalue weighted by Crippen LogP contribution is 2.40. The van der Waals surface area contributed by atoms with Crippen molar-refractivity contribution in [3.8, 4) is 0 Å². The molecule has 2 aliphatic rings. The largest absolute Gasteiger partial charge is 0.457 e. The zero-order valence-electron chi connectivity index (χ0n) is 25.9. The Morgan fingerprint density at radius 1 is 0.950 bits per heavy atom. The lowest BCUT2D eigenvalue weighted by molar-refractivity contribution is -0.138. The molecule has 224 valence electrons. The zero-order valence-corrected chi connectivity index (χ0v) is 26.7. The van der Waals surface area contributed by atoms with Crippen LogP contribution in [0.5, 0.6) is 0 Å². The molecule has 2 amide bonds. The first kappa shape index (κ1) is 32.9. The normalized spacial score (nSPS) is 23.9. The lowest BCUT2D eigenvalue weighted by atomic mass is 9.69. The maximum absolute atomic E-state index is 14.0. The topological polar surface area (TPSA) is 88.7 Å². The second-order valence-corrected chi connectivity index (χ2v) is 14.3. The maximum atomic E-state index is 14.0. The van der Waals surface area contributed by atoms with E-state index in [1.165, 1.54) is 12.5 Å². The molecule has 0 unspecified atom stereocenters. The molecule has 0 radical (unpaired) electrons. The number of carbonyl (C=O) groups excluding carboxylic acids is 2. The van der Waals surface area contributed by atoms with Gasteiger partial charge in [0.25, 0.3) is 0 Å². The van der Waals surface area contributed by atoms with Crippen LogP contribution >= 0.6 is 11.6 Å². The van der Waals surface area contributed by atoms with E-state index in [2.05, 4.69) is 43.6 Å². The molecule has 1 aromatic rings. The number of amides is 2. The van der Waals surface area contributed by atoms with Crippen LogP contribution in [0.3, 0.4) is 0 Å². The Morgan fingerprint density at radius 2 is 1.52 bits per heavy atom. The summed E-state index contributed by atoms with van der Waals surface area (Å²) in [4.78, 5) is 26.5. The molecule has 7 nitrogen and oxygen atoms in total. The Bertz CT molecular complexity index is 987. The van der Waals surface area contributed by atoms with Crippen LogP contribution in [0.2, 0.25) is 11.3 Å². The first-order valence-corrected chi connectivity index (χ1v) is 15.4. The second-order valence-electron chi connectivity index (χ2n) is 13.8. The lowest BCUT2D eigenvalue weighted by Gasteiger charge is -2.44. The van der Waals surface area contributed by atoms with Crippen LogP contribution in [0.15, 0.2) is 24.3 Å². The lowest BCUT2D eigenvalue weighted by Crippen LogP contribution is -2.65. The van der Waals surface area contributed by atoms with Crippen molar-refractivity contribution in [3.05, 3.63) is 34.9 Å². The highest BCUT2D eigenvalue weighted by Gasteiger charge is 2.51. The number of carbonyl (C=O) groups is 2. The monoisotopic (exact) mass is 575 g/mol. The van der Waals surface area contributed by atoms with Gasteiger partial charge in [0.15, 0.2) is 0 Å². The van der Waals surface area contributed by atoms with E-state index in [1.807, 2.05) is 45.0 Å². The predicted octanol–water partition coefficient (Wildman–Crippen LogP) is 6.04. The van der Waals surface area contributed by atoms with Crippen molar-refractivity contribution in [1.82, 2.24) is 16.0 Å². The van der Waals surface area contributed by atoms with E-state index in [-0.39, 0.29) is 36.1 Å². The number of nitrogens with one attached hydrogen (secondary N) is 3. The van der Waals surface area contributed by atoms with Crippen LogP contribution < -0.4 is 16.0 Å². The van der Waals surface area contributed by atoms with Crippen LogP contribution in [0, 0.1) is 5.92 Å². The van der Waals surface area contributed by atoms with Gasteiger partial charge in [-0.2, -0.15) is 0 Å². The molecule has 0 bridgehead atoms. The molecule has 1 atom stereocenters. The van der Waals surface area contributed by atoms with E-state index in [0.29, 0.717) is 12.5 Å². The van der Waals surface area contributed by atoms with Crippen molar-refractivity contribution in [1.29, 1.82) is 0 Å². The van der Waals surface area contributed by atoms with E-state index in [1.54, 1.807) is 0 Å². The summed E-state index contributed by atoms with van der Waals surface area (Å²) in [6, 6.07) is 8.29. The van der Waals surface area contributed by atoms with Gasteiger partial charge in [0, 0.05) is 30.1 Å². The van der Waals surface area contributed by atoms with Gasteiger partial charge in [-0.25, -0.2) is 0 Å². The maximum Gasteiger partial charge on any atom is 0.457 e. The predicted molar refractivity (Wildman–Crippen MR) is 163 cm³/mol. The number of hydrogen-bond acceptors (Lipinski definition) is 5. The molecule has 0 spiro atoms. The fourth-order valence-electron chi connectivity index (χ4n) is 5.94. The smallest absolute Gasteiger partial charge is 0.403 e. The highest BCUT2D eigenvalue weighted by molar-refractivity contribution is 6.45. The molecule has 1 saturated carbocycles. The third kappa shape index (κ3) is 8.70. The molecule has 1 saturated heterocycles. The van der Waals surface area contributed by atoms with Gasteiger partial charge in [0.2, 0.25) is 11.8 Å². The molecule has 1 aromatic carbocycles. The Morgan fingerprint density at radius 3 is 2.05 bits per heavy atom. The van der Waals surface area contributed by atoms with E-state index < -0.39 is 11.1 Å². The second kappa shape index (κ2) is 13.1. The number of unbranched alkanes of at least 4 members (excludes halogenated alkanes) is 1. The summed E-state index contributed by atoms with van der Waals surface area (Å²) in [5, 5.41) is 10.8. The first-order chi connectivity index (χ1) is 18.5. The van der Waals surface area contributed by atoms with Crippen molar-refractivity contribution >= 4 is 30.5 Å². The van der Waals surface area contributed by atoms with Gasteiger partial charge in [-0.3, -0.25) is 9.59 Å². The molecule has 9 heteroatoms. The Labute approximate surface area is 247 Å². The fourth-order valence-corrected chi connectivity index (χ4v) is 6.07. The van der Waals surface area contributed by atoms with Gasteiger partial charge in [-0.15, -0.1) is 0 Å². The number of halogens is 1. The van der Waals surface area contributed by atoms with Crippen molar-refractivity contribution < 1.29 is 18.9 Å². The summed E-state index contributed by atoms with van der Waals surface area (Å²) >= 11 is 6.03. The minimum Gasteiger partial charge on any atom is -0.403 e. The Kier molecular flexibility index (Phi) is 10.8. The molecule has 3 rings (SSSR count). The Hall–Kier alpha value is -1.61. The van der Waals surface area contributed by atoms with Gasteiger partial charge < -0.3 is 25.3 Å². The van der Waals surface area contributed by atoms with E-state index in [4.69, 9.17) is 20.9 Å². The molecule has 2 fully saturated rings. The molecule has 1 aliphatic carbocycles. The van der Waals surface area contributed by atoms with Gasteiger partial charge in [-0.05, 0) is 111 Å². The average Bonchev–Trinajstić information content (AvgIpc) is 3.05. The van der Waals surface area contributed by atoms with Crippen LogP contribution in [-0.2, 0) is 25.4 Å². The summed E-state index contributed by atoms with van der Waals surface area (Å²) in [6.07, 6.45) is 6.62. The van der Waals surface area contributed by atoms with Crippen molar-refractivity contribution in [2.24, 2.45) is 5.92 Å². The van der Waals surface area contributed by atoms with E-state index >= 15 is 0 Å². The van der Waals surface area contributed by atoms with Crippen LogP contribution in [0.4, 0.5) is 0 Å². The number of benzene rings is 1. The quantitative estimate of drug-likeness (QED) is 0.221. The molecule has 40 heavy (non-hydrogen) atoms. The summed E-state index contributed by atoms with van der Waals surface area (Å²) < 4.78 is 12.4. The number of rotatable bonds is 11. The third-order valence-corrected chi connectivity index (χ3v) is 9.04. The fraction of sp³-hybridized carbons (Fsp3) is 0.742. The molecule has 1 aliphatic heterocycles. The Balaban J connectivity index is 1.67. The van der Waals surface area contributed by atoms with Crippen molar-refractivity contribution in [3.63, 3.8) is 0 Å². The summed E-state index contributed by atoms with van der Waals surface area (Å²) in [5.41, 5.74) is -0.864. The minimum absolute atomic E-state index is 0.0594. The number of hydrogen-bond donors (Lipinski definition) is 3. The molecule has 1 heterocycles. The molecule has 3 N–H and O–H groups in total. The summed E-state index contributed by atoms with van der Waals surface area (Å²) in [6.45, 7) is 16.5. The van der Waals surface area contributed by atoms with Crippen molar-refractivity contribution in [2.75, 3.05) is 0 Å². The summed E-state index contributed by atoms with van der Waals surface area (Å²) in [7, 11) is -0.259. The first-order valence-electron chi connectivity index (χ1n) is 15.0.